The maximum atomic E-state index is 15.8. The van der Waals surface area contributed by atoms with Crippen LogP contribution in [0.5, 0.6) is 11.5 Å². The van der Waals surface area contributed by atoms with E-state index in [1.807, 2.05) is 58.2 Å². The first kappa shape index (κ1) is 34.5. The third-order valence-corrected chi connectivity index (χ3v) is 7.75. The number of allylic oxidation sites excluding steroid dienone is 4. The number of pyridine rings is 1. The summed E-state index contributed by atoms with van der Waals surface area (Å²) in [6.07, 6.45) is 18.2. The number of halogens is 1. The van der Waals surface area contributed by atoms with E-state index in [0.717, 1.165) is 73.6 Å². The Morgan fingerprint density at radius 3 is 2.72 bits per heavy atom. The maximum Gasteiger partial charge on any atom is 0.172 e. The lowest BCUT2D eigenvalue weighted by atomic mass is 10.1. The van der Waals surface area contributed by atoms with Gasteiger partial charge < -0.3 is 19.7 Å². The van der Waals surface area contributed by atoms with Gasteiger partial charge in [-0.15, -0.1) is 0 Å². The maximum absolute atomic E-state index is 15.8. The van der Waals surface area contributed by atoms with Crippen molar-refractivity contribution < 1.29 is 13.9 Å². The summed E-state index contributed by atoms with van der Waals surface area (Å²) in [4.78, 5) is 12.2. The van der Waals surface area contributed by atoms with Gasteiger partial charge in [0.05, 0.1) is 18.0 Å². The fourth-order valence-electron chi connectivity index (χ4n) is 5.29. The van der Waals surface area contributed by atoms with E-state index < -0.39 is 5.82 Å². The molecule has 1 atom stereocenters. The second kappa shape index (κ2) is 16.8. The van der Waals surface area contributed by atoms with Crippen LogP contribution < -0.4 is 19.7 Å². The van der Waals surface area contributed by atoms with Crippen LogP contribution in [0.25, 0.3) is 0 Å². The highest BCUT2D eigenvalue weighted by atomic mass is 19.1. The highest BCUT2D eigenvalue weighted by Gasteiger charge is 2.25. The van der Waals surface area contributed by atoms with E-state index in [1.54, 1.807) is 29.6 Å². The van der Waals surface area contributed by atoms with Gasteiger partial charge in [-0.25, -0.2) is 19.4 Å². The van der Waals surface area contributed by atoms with Gasteiger partial charge in [0, 0.05) is 49.8 Å². The van der Waals surface area contributed by atoms with Gasteiger partial charge in [-0.05, 0) is 69.9 Å². The van der Waals surface area contributed by atoms with Crippen molar-refractivity contribution in [3.63, 3.8) is 0 Å². The Balaban J connectivity index is 1.67. The summed E-state index contributed by atoms with van der Waals surface area (Å²) in [6.45, 7) is 16.6. The van der Waals surface area contributed by atoms with Crippen LogP contribution in [0, 0.1) is 25.6 Å². The Bertz CT molecular complexity index is 1540. The van der Waals surface area contributed by atoms with Crippen molar-refractivity contribution in [2.75, 3.05) is 29.9 Å². The zero-order valence-electron chi connectivity index (χ0n) is 28.4. The number of aryl methyl sites for hydroxylation is 2. The molecule has 2 aromatic rings. The normalized spacial score (nSPS) is 17.8. The van der Waals surface area contributed by atoms with E-state index in [4.69, 9.17) is 19.5 Å². The van der Waals surface area contributed by atoms with Crippen LogP contribution in [0.1, 0.15) is 83.5 Å². The summed E-state index contributed by atoms with van der Waals surface area (Å²) < 4.78 is 28.1. The minimum absolute atomic E-state index is 0.291. The summed E-state index contributed by atoms with van der Waals surface area (Å²) in [7, 11) is 0. The lowest BCUT2D eigenvalue weighted by molar-refractivity contribution is 0.273. The van der Waals surface area contributed by atoms with Crippen LogP contribution in [0.15, 0.2) is 76.5 Å². The molecule has 1 aromatic carbocycles. The van der Waals surface area contributed by atoms with E-state index >= 15 is 4.39 Å². The van der Waals surface area contributed by atoms with Crippen LogP contribution in [-0.4, -0.2) is 41.7 Å². The van der Waals surface area contributed by atoms with Crippen LogP contribution >= 0.6 is 0 Å². The molecule has 0 aliphatic carbocycles. The van der Waals surface area contributed by atoms with Crippen LogP contribution in [0.3, 0.4) is 0 Å². The number of aliphatic imine (C=N–C) groups is 1. The molecular formula is C37H49FN6O2. The quantitative estimate of drug-likeness (QED) is 0.144. The monoisotopic (exact) mass is 628 g/mol. The van der Waals surface area contributed by atoms with E-state index in [1.165, 1.54) is 6.07 Å². The average molecular weight is 629 g/mol. The van der Waals surface area contributed by atoms with Crippen molar-refractivity contribution in [2.45, 2.75) is 80.6 Å². The predicted molar refractivity (Wildman–Crippen MR) is 188 cm³/mol. The summed E-state index contributed by atoms with van der Waals surface area (Å²) in [5.74, 6) is 2.99. The van der Waals surface area contributed by atoms with Crippen LogP contribution in [0.2, 0.25) is 0 Å². The number of anilines is 2. The number of hydrogen-bond donors (Lipinski definition) is 1. The first-order valence-corrected chi connectivity index (χ1v) is 16.5. The number of nitrogens with one attached hydrogen (secondary N) is 1. The van der Waals surface area contributed by atoms with Gasteiger partial charge in [-0.1, -0.05) is 52.2 Å². The molecule has 2 aliphatic heterocycles. The second-order valence-electron chi connectivity index (χ2n) is 11.8. The number of aromatic nitrogens is 1. The number of ether oxygens (including phenoxy) is 2. The largest absolute Gasteiger partial charge is 0.489 e. The van der Waals surface area contributed by atoms with Crippen molar-refractivity contribution in [3.8, 4) is 11.5 Å². The first-order valence-electron chi connectivity index (χ1n) is 16.5. The smallest absolute Gasteiger partial charge is 0.172 e. The van der Waals surface area contributed by atoms with Crippen molar-refractivity contribution in [3.05, 3.63) is 89.0 Å². The zero-order valence-corrected chi connectivity index (χ0v) is 28.4. The van der Waals surface area contributed by atoms with Gasteiger partial charge in [-0.2, -0.15) is 5.10 Å². The Labute approximate surface area is 274 Å². The SMILES string of the molecule is C/C=N\N1C=CC(Oc2cc(F)c(NC(=N/C=C/CCC)c3nc4c(cc3C)OCC(C)CN4CCCCC)cc2C)=C/C1=C\C. The molecule has 1 aromatic heterocycles. The number of rotatable bonds is 12. The summed E-state index contributed by atoms with van der Waals surface area (Å²) in [6, 6.07) is 5.18. The highest BCUT2D eigenvalue weighted by molar-refractivity contribution is 6.08. The third kappa shape index (κ3) is 8.86. The van der Waals surface area contributed by atoms with Gasteiger partial charge in [0.1, 0.15) is 23.0 Å². The van der Waals surface area contributed by atoms with E-state index in [9.17, 15) is 0 Å². The molecular weight excluding hydrogens is 579 g/mol. The topological polar surface area (TPSA) is 74.6 Å². The molecule has 0 fully saturated rings. The highest BCUT2D eigenvalue weighted by Crippen LogP contribution is 2.34. The van der Waals surface area contributed by atoms with Crippen molar-refractivity contribution in [1.82, 2.24) is 9.99 Å². The summed E-state index contributed by atoms with van der Waals surface area (Å²) >= 11 is 0. The number of fused-ring (bicyclic) bond motifs is 1. The number of hydrazone groups is 1. The predicted octanol–water partition coefficient (Wildman–Crippen LogP) is 9.04. The summed E-state index contributed by atoms with van der Waals surface area (Å²) in [5, 5.41) is 9.34. The average Bonchev–Trinajstić information content (AvgIpc) is 3.19. The molecule has 3 heterocycles. The fraction of sp³-hybridized carbons (Fsp3) is 0.432. The van der Waals surface area contributed by atoms with Gasteiger partial charge in [0.25, 0.3) is 0 Å². The van der Waals surface area contributed by atoms with Gasteiger partial charge in [-0.3, -0.25) is 0 Å². The molecule has 0 radical (unpaired) electrons. The molecule has 0 saturated carbocycles. The zero-order chi connectivity index (χ0) is 33.1. The van der Waals surface area contributed by atoms with Crippen LogP contribution in [0.4, 0.5) is 15.9 Å². The molecule has 46 heavy (non-hydrogen) atoms. The molecule has 4 rings (SSSR count). The van der Waals surface area contributed by atoms with E-state index in [-0.39, 0.29) is 0 Å². The Morgan fingerprint density at radius 2 is 1.98 bits per heavy atom. The van der Waals surface area contributed by atoms with Crippen LogP contribution in [-0.2, 0) is 0 Å². The van der Waals surface area contributed by atoms with E-state index in [0.29, 0.717) is 41.3 Å². The molecule has 0 amide bonds. The molecule has 2 aliphatic rings. The second-order valence-corrected chi connectivity index (χ2v) is 11.8. The molecule has 1 unspecified atom stereocenters. The molecule has 8 nitrogen and oxygen atoms in total. The lowest BCUT2D eigenvalue weighted by Crippen LogP contribution is -2.30. The third-order valence-electron chi connectivity index (χ3n) is 7.75. The molecule has 0 spiro atoms. The van der Waals surface area contributed by atoms with Crippen molar-refractivity contribution in [1.29, 1.82) is 0 Å². The lowest BCUT2D eigenvalue weighted by Gasteiger charge is -2.25. The number of unbranched alkanes of at least 4 members (excludes halogenated alkanes) is 3. The molecule has 0 bridgehead atoms. The van der Waals surface area contributed by atoms with Gasteiger partial charge in [0.15, 0.2) is 17.4 Å². The minimum Gasteiger partial charge on any atom is -0.489 e. The Hall–Kier alpha value is -4.40. The van der Waals surface area contributed by atoms with E-state index in [2.05, 4.69) is 36.1 Å². The Kier molecular flexibility index (Phi) is 12.6. The molecule has 246 valence electrons. The number of benzene rings is 1. The number of nitrogens with zero attached hydrogens (tertiary/aromatic N) is 5. The number of hydrogen-bond acceptors (Lipinski definition) is 7. The van der Waals surface area contributed by atoms with Gasteiger partial charge >= 0.3 is 0 Å². The Morgan fingerprint density at radius 1 is 1.15 bits per heavy atom. The fourth-order valence-corrected chi connectivity index (χ4v) is 5.29. The summed E-state index contributed by atoms with van der Waals surface area (Å²) in [5.41, 5.74) is 3.47. The molecule has 0 saturated heterocycles. The first-order chi connectivity index (χ1) is 22.3. The van der Waals surface area contributed by atoms with Crippen molar-refractivity contribution >= 4 is 23.6 Å². The molecule has 9 heteroatoms. The number of amidine groups is 1. The minimum atomic E-state index is -0.458. The van der Waals surface area contributed by atoms with Crippen molar-refractivity contribution in [2.24, 2.45) is 16.0 Å². The standard InChI is InChI=1S/C37H49FN6O2/c1-8-12-14-17-39-36(35-28(7)21-34-37(42-35)43(18-15-13-9-2)24-26(5)25-45-34)41-32-20-27(6)33(23-31(32)38)46-30-16-19-44(40-11-4)29(10-3)22-30/h10-11,14,16-17,19-23,26H,8-9,12-13,15,18,24-25H2,1-7H3,(H,39,41)/b17-14+,29-10+,40-11-. The molecule has 1 N–H and O–H groups in total. The van der Waals surface area contributed by atoms with Gasteiger partial charge in [0.2, 0.25) is 0 Å².